The number of para-hydroxylation sites is 1. The van der Waals surface area contributed by atoms with E-state index in [-0.39, 0.29) is 12.0 Å². The molecule has 1 aromatic heterocycles. The summed E-state index contributed by atoms with van der Waals surface area (Å²) in [6.07, 6.45) is 5.72. The van der Waals surface area contributed by atoms with Crippen LogP contribution in [0.2, 0.25) is 0 Å². The quantitative estimate of drug-likeness (QED) is 0.305. The van der Waals surface area contributed by atoms with E-state index in [4.69, 9.17) is 4.98 Å². The summed E-state index contributed by atoms with van der Waals surface area (Å²) in [4.78, 5) is 11.6. The van der Waals surface area contributed by atoms with Crippen molar-refractivity contribution in [2.24, 2.45) is 0 Å². The van der Waals surface area contributed by atoms with E-state index in [1.54, 1.807) is 12.3 Å². The lowest BCUT2D eigenvalue weighted by Gasteiger charge is -2.34. The van der Waals surface area contributed by atoms with Gasteiger partial charge in [0.05, 0.1) is 23.0 Å². The molecule has 3 aromatic carbocycles. The molecule has 0 spiro atoms. The summed E-state index contributed by atoms with van der Waals surface area (Å²) in [6.45, 7) is 0. The number of aromatic nitrogens is 2. The Morgan fingerprint density at radius 1 is 0.743 bits per heavy atom. The Labute approximate surface area is 200 Å². The van der Waals surface area contributed by atoms with E-state index < -0.39 is 11.7 Å². The number of allylic oxidation sites excluding steroid dienone is 2. The van der Waals surface area contributed by atoms with Crippen molar-refractivity contribution in [3.8, 4) is 22.4 Å². The molecule has 0 radical (unpaired) electrons. The van der Waals surface area contributed by atoms with Crippen LogP contribution in [0.1, 0.15) is 17.0 Å². The first kappa shape index (κ1) is 21.4. The van der Waals surface area contributed by atoms with Crippen LogP contribution in [0.5, 0.6) is 0 Å². The molecule has 1 aliphatic carbocycles. The van der Waals surface area contributed by atoms with Gasteiger partial charge in [-0.05, 0) is 35.4 Å². The summed E-state index contributed by atoms with van der Waals surface area (Å²) in [7, 11) is 0. The Morgan fingerprint density at radius 2 is 1.46 bits per heavy atom. The van der Waals surface area contributed by atoms with Crippen LogP contribution in [0.15, 0.2) is 109 Å². The highest BCUT2D eigenvalue weighted by Crippen LogP contribution is 2.47. The molecule has 6 rings (SSSR count). The maximum atomic E-state index is 13.0. The monoisotopic (exact) mass is 467 g/mol. The Bertz CT molecular complexity index is 1450. The molecule has 2 aliphatic rings. The van der Waals surface area contributed by atoms with Gasteiger partial charge in [0.1, 0.15) is 0 Å². The summed E-state index contributed by atoms with van der Waals surface area (Å²) in [5.74, 6) is 0.583. The molecule has 1 aliphatic heterocycles. The van der Waals surface area contributed by atoms with Gasteiger partial charge in [0.25, 0.3) is 0 Å². The van der Waals surface area contributed by atoms with Crippen molar-refractivity contribution in [2.45, 2.75) is 18.1 Å². The van der Waals surface area contributed by atoms with Crippen LogP contribution in [0.4, 0.5) is 24.8 Å². The highest BCUT2D eigenvalue weighted by atomic mass is 19.4. The zero-order valence-electron chi connectivity index (χ0n) is 18.5. The van der Waals surface area contributed by atoms with Crippen molar-refractivity contribution in [1.29, 1.82) is 0 Å². The van der Waals surface area contributed by atoms with Crippen molar-refractivity contribution in [3.05, 3.63) is 120 Å². The van der Waals surface area contributed by atoms with Crippen molar-refractivity contribution in [1.82, 2.24) is 9.97 Å². The average Bonchev–Trinajstić information content (AvgIpc) is 3.01. The Kier molecular flexibility index (Phi) is 5.02. The van der Waals surface area contributed by atoms with Gasteiger partial charge in [-0.1, -0.05) is 78.9 Å². The molecule has 0 N–H and O–H groups in total. The third kappa shape index (κ3) is 3.71. The van der Waals surface area contributed by atoms with E-state index in [9.17, 15) is 13.2 Å². The molecular weight excluding hydrogens is 447 g/mol. The zero-order chi connectivity index (χ0) is 24.0. The first-order valence-electron chi connectivity index (χ1n) is 11.3. The maximum Gasteiger partial charge on any atom is 0.416 e. The molecule has 0 amide bonds. The van der Waals surface area contributed by atoms with Gasteiger partial charge in [0, 0.05) is 23.2 Å². The van der Waals surface area contributed by atoms with Crippen LogP contribution in [0, 0.1) is 0 Å². The fourth-order valence-corrected chi connectivity index (χ4v) is 4.93. The van der Waals surface area contributed by atoms with Crippen molar-refractivity contribution < 1.29 is 13.2 Å². The average molecular weight is 467 g/mol. The second-order valence-corrected chi connectivity index (χ2v) is 8.58. The summed E-state index contributed by atoms with van der Waals surface area (Å²) < 4.78 is 39.1. The largest absolute Gasteiger partial charge is 0.416 e. The normalized spacial score (nSPS) is 18.4. The summed E-state index contributed by atoms with van der Waals surface area (Å²) in [5.41, 5.74) is 4.95. The molecule has 2 unspecified atom stereocenters. The molecule has 6 heteroatoms. The van der Waals surface area contributed by atoms with Gasteiger partial charge in [-0.25, -0.2) is 9.97 Å². The van der Waals surface area contributed by atoms with Crippen molar-refractivity contribution in [3.63, 3.8) is 0 Å². The molecule has 4 aromatic rings. The van der Waals surface area contributed by atoms with Gasteiger partial charge >= 0.3 is 6.18 Å². The highest BCUT2D eigenvalue weighted by Gasteiger charge is 2.35. The van der Waals surface area contributed by atoms with Crippen molar-refractivity contribution in [2.75, 3.05) is 4.90 Å². The number of nitrogens with zero attached hydrogens (tertiary/aromatic N) is 3. The second-order valence-electron chi connectivity index (χ2n) is 8.58. The van der Waals surface area contributed by atoms with Crippen LogP contribution in [0.3, 0.4) is 0 Å². The number of alkyl halides is 3. The minimum Gasteiger partial charge on any atom is -0.302 e. The predicted molar refractivity (Wildman–Crippen MR) is 131 cm³/mol. The first-order chi connectivity index (χ1) is 17.0. The van der Waals surface area contributed by atoms with Crippen LogP contribution < -0.4 is 4.90 Å². The van der Waals surface area contributed by atoms with Gasteiger partial charge in [0.15, 0.2) is 0 Å². The SMILES string of the molecule is FC(F)(F)c1ccc(-c2ccnc(N3c4ccccc4-c4ccccc4C4C=CC=CC43)n2)cc1. The summed E-state index contributed by atoms with van der Waals surface area (Å²) in [6, 6.07) is 23.3. The molecule has 0 bridgehead atoms. The van der Waals surface area contributed by atoms with E-state index in [0.29, 0.717) is 17.2 Å². The van der Waals surface area contributed by atoms with E-state index in [1.165, 1.54) is 23.3 Å². The molecule has 0 saturated heterocycles. The third-order valence-corrected chi connectivity index (χ3v) is 6.54. The maximum absolute atomic E-state index is 13.0. The van der Waals surface area contributed by atoms with E-state index in [1.807, 2.05) is 24.3 Å². The minimum atomic E-state index is -4.38. The standard InChI is InChI=1S/C29H20F3N3/c30-29(31,32)20-15-13-19(14-16-20)25-17-18-33-28(34-25)35-26-11-5-3-9-23(26)21-7-1-2-8-22(21)24-10-4-6-12-27(24)35/h1-18,23,26H. The topological polar surface area (TPSA) is 29.0 Å². The molecule has 0 saturated carbocycles. The van der Waals surface area contributed by atoms with Crippen LogP contribution in [0.25, 0.3) is 22.4 Å². The smallest absolute Gasteiger partial charge is 0.302 e. The lowest BCUT2D eigenvalue weighted by atomic mass is 9.85. The van der Waals surface area contributed by atoms with E-state index in [2.05, 4.69) is 58.4 Å². The molecule has 2 heterocycles. The summed E-state index contributed by atoms with van der Waals surface area (Å²) >= 11 is 0. The number of fused-ring (bicyclic) bond motifs is 5. The molecule has 172 valence electrons. The molecule has 3 nitrogen and oxygen atoms in total. The Balaban J connectivity index is 1.50. The Morgan fingerprint density at radius 3 is 2.26 bits per heavy atom. The first-order valence-corrected chi connectivity index (χ1v) is 11.3. The van der Waals surface area contributed by atoms with Crippen LogP contribution in [-0.2, 0) is 6.18 Å². The van der Waals surface area contributed by atoms with Crippen LogP contribution in [-0.4, -0.2) is 16.0 Å². The molecule has 2 atom stereocenters. The highest BCUT2D eigenvalue weighted by molar-refractivity contribution is 5.86. The van der Waals surface area contributed by atoms with Gasteiger partial charge in [-0.3, -0.25) is 0 Å². The number of benzene rings is 3. The minimum absolute atomic E-state index is 0.0624. The van der Waals surface area contributed by atoms with Gasteiger partial charge < -0.3 is 4.90 Å². The fourth-order valence-electron chi connectivity index (χ4n) is 4.93. The zero-order valence-corrected chi connectivity index (χ0v) is 18.5. The van der Waals surface area contributed by atoms with Crippen LogP contribution >= 0.6 is 0 Å². The number of hydrogen-bond acceptors (Lipinski definition) is 3. The van der Waals surface area contributed by atoms with E-state index >= 15 is 0 Å². The fraction of sp³-hybridized carbons (Fsp3) is 0.103. The number of halogens is 3. The number of hydrogen-bond donors (Lipinski definition) is 0. The number of anilines is 2. The van der Waals surface area contributed by atoms with Gasteiger partial charge in [-0.15, -0.1) is 0 Å². The van der Waals surface area contributed by atoms with Gasteiger partial charge in [-0.2, -0.15) is 13.2 Å². The van der Waals surface area contributed by atoms with E-state index in [0.717, 1.165) is 23.4 Å². The number of rotatable bonds is 2. The summed E-state index contributed by atoms with van der Waals surface area (Å²) in [5, 5.41) is 0. The molecule has 0 fully saturated rings. The third-order valence-electron chi connectivity index (χ3n) is 6.54. The van der Waals surface area contributed by atoms with Gasteiger partial charge in [0.2, 0.25) is 5.95 Å². The van der Waals surface area contributed by atoms with Crippen molar-refractivity contribution >= 4 is 11.6 Å². The lowest BCUT2D eigenvalue weighted by Crippen LogP contribution is -2.35. The molecular formula is C29H20F3N3. The predicted octanol–water partition coefficient (Wildman–Crippen LogP) is 7.56. The molecule has 35 heavy (non-hydrogen) atoms. The lowest BCUT2D eigenvalue weighted by molar-refractivity contribution is -0.137. The second kappa shape index (κ2) is 8.24. The Hall–Kier alpha value is -4.19.